The molecule has 8 nitrogen and oxygen atoms in total. The highest BCUT2D eigenvalue weighted by molar-refractivity contribution is 6.07. The Morgan fingerprint density at radius 1 is 1.40 bits per heavy atom. The van der Waals surface area contributed by atoms with Crippen molar-refractivity contribution in [1.82, 2.24) is 15.0 Å². The van der Waals surface area contributed by atoms with Crippen LogP contribution in [-0.4, -0.2) is 51.4 Å². The number of nitrogens with zero attached hydrogens (tertiary/aromatic N) is 4. The molecule has 1 aliphatic heterocycles. The molecule has 1 aromatic carbocycles. The lowest BCUT2D eigenvalue weighted by atomic mass is 9.83. The maximum atomic E-state index is 13.1. The van der Waals surface area contributed by atoms with E-state index in [9.17, 15) is 9.90 Å². The molecule has 1 amide bonds. The van der Waals surface area contributed by atoms with Crippen molar-refractivity contribution in [1.29, 1.82) is 0 Å². The molecule has 0 saturated carbocycles. The molecule has 160 valence electrons. The van der Waals surface area contributed by atoms with Gasteiger partial charge in [-0.25, -0.2) is 0 Å². The highest BCUT2D eigenvalue weighted by Gasteiger charge is 2.52. The fourth-order valence-corrected chi connectivity index (χ4v) is 3.69. The summed E-state index contributed by atoms with van der Waals surface area (Å²) < 4.78 is 7.01. The van der Waals surface area contributed by atoms with Crippen molar-refractivity contribution in [3.63, 3.8) is 0 Å². The molecule has 0 aliphatic carbocycles. The number of aromatic nitrogens is 3. The summed E-state index contributed by atoms with van der Waals surface area (Å²) in [6.45, 7) is 6.51. The SMILES string of the molecule is C=CCN1C(=O)[C@@](O)([C@@H](C)/C=C/CCn2cc(CCO)nn2)c2cc(OC)ccc21. The van der Waals surface area contributed by atoms with Crippen LogP contribution in [0.1, 0.15) is 24.6 Å². The van der Waals surface area contributed by atoms with Gasteiger partial charge in [-0.15, -0.1) is 11.7 Å². The fraction of sp³-hybridized carbons (Fsp3) is 0.409. The molecule has 1 aromatic heterocycles. The average molecular weight is 412 g/mol. The van der Waals surface area contributed by atoms with Crippen molar-refractivity contribution in [3.8, 4) is 5.75 Å². The zero-order valence-electron chi connectivity index (χ0n) is 17.4. The molecule has 3 rings (SSSR count). The van der Waals surface area contributed by atoms with E-state index in [1.807, 2.05) is 19.1 Å². The molecule has 8 heteroatoms. The topological polar surface area (TPSA) is 101 Å². The van der Waals surface area contributed by atoms with Gasteiger partial charge in [-0.05, 0) is 24.6 Å². The normalized spacial score (nSPS) is 19.3. The molecule has 0 spiro atoms. The van der Waals surface area contributed by atoms with Crippen LogP contribution in [0.5, 0.6) is 5.75 Å². The minimum Gasteiger partial charge on any atom is -0.497 e. The molecule has 2 aromatic rings. The predicted octanol–water partition coefficient (Wildman–Crippen LogP) is 1.82. The van der Waals surface area contributed by atoms with Gasteiger partial charge in [0, 0.05) is 43.8 Å². The van der Waals surface area contributed by atoms with Gasteiger partial charge < -0.3 is 19.8 Å². The third-order valence-electron chi connectivity index (χ3n) is 5.35. The Hall–Kier alpha value is -2.97. The van der Waals surface area contributed by atoms with Crippen molar-refractivity contribution < 1.29 is 19.7 Å². The Bertz CT molecular complexity index is 939. The van der Waals surface area contributed by atoms with Gasteiger partial charge in [0.2, 0.25) is 0 Å². The molecular formula is C22H28N4O4. The second kappa shape index (κ2) is 9.23. The van der Waals surface area contributed by atoms with Crippen molar-refractivity contribution in [2.45, 2.75) is 31.9 Å². The van der Waals surface area contributed by atoms with E-state index in [0.29, 0.717) is 42.9 Å². The number of rotatable bonds is 10. The predicted molar refractivity (Wildman–Crippen MR) is 113 cm³/mol. The number of methoxy groups -OCH3 is 1. The van der Waals surface area contributed by atoms with Gasteiger partial charge in [0.1, 0.15) is 5.75 Å². The molecule has 2 heterocycles. The van der Waals surface area contributed by atoms with Gasteiger partial charge in [0.25, 0.3) is 5.91 Å². The maximum Gasteiger partial charge on any atom is 0.264 e. The van der Waals surface area contributed by atoms with Crippen molar-refractivity contribution >= 4 is 11.6 Å². The number of aliphatic hydroxyl groups excluding tert-OH is 1. The molecule has 0 radical (unpaired) electrons. The summed E-state index contributed by atoms with van der Waals surface area (Å²) in [5.74, 6) is -0.236. The van der Waals surface area contributed by atoms with Gasteiger partial charge in [-0.1, -0.05) is 30.4 Å². The van der Waals surface area contributed by atoms with E-state index in [4.69, 9.17) is 9.84 Å². The zero-order chi connectivity index (χ0) is 21.7. The van der Waals surface area contributed by atoms with Gasteiger partial charge in [-0.3, -0.25) is 9.48 Å². The third kappa shape index (κ3) is 4.01. The average Bonchev–Trinajstić information content (AvgIpc) is 3.28. The van der Waals surface area contributed by atoms with Crippen LogP contribution in [0.25, 0.3) is 0 Å². The number of benzene rings is 1. The highest BCUT2D eigenvalue weighted by atomic mass is 16.5. The quantitative estimate of drug-likeness (QED) is 0.578. The number of fused-ring (bicyclic) bond motifs is 1. The molecule has 2 atom stereocenters. The van der Waals surface area contributed by atoms with Crippen molar-refractivity contribution in [2.24, 2.45) is 5.92 Å². The van der Waals surface area contributed by atoms with E-state index >= 15 is 0 Å². The lowest BCUT2D eigenvalue weighted by molar-refractivity contribution is -0.139. The number of amides is 1. The summed E-state index contributed by atoms with van der Waals surface area (Å²) in [7, 11) is 1.55. The van der Waals surface area contributed by atoms with Crippen LogP contribution in [0.2, 0.25) is 0 Å². The van der Waals surface area contributed by atoms with E-state index in [1.54, 1.807) is 47.2 Å². The Labute approximate surface area is 176 Å². The van der Waals surface area contributed by atoms with E-state index in [-0.39, 0.29) is 12.5 Å². The number of aliphatic hydroxyl groups is 2. The van der Waals surface area contributed by atoms with Crippen LogP contribution in [0, 0.1) is 5.92 Å². The van der Waals surface area contributed by atoms with Crippen LogP contribution in [0.3, 0.4) is 0 Å². The zero-order valence-corrected chi connectivity index (χ0v) is 17.4. The summed E-state index contributed by atoms with van der Waals surface area (Å²) in [5, 5.41) is 28.5. The molecule has 30 heavy (non-hydrogen) atoms. The second-order valence-electron chi connectivity index (χ2n) is 7.31. The molecular weight excluding hydrogens is 384 g/mol. The first kappa shape index (κ1) is 21.7. The number of carbonyl (C=O) groups is 1. The van der Waals surface area contributed by atoms with Crippen LogP contribution >= 0.6 is 0 Å². The molecule has 0 bridgehead atoms. The smallest absolute Gasteiger partial charge is 0.264 e. The first-order valence-corrected chi connectivity index (χ1v) is 9.96. The van der Waals surface area contributed by atoms with Gasteiger partial charge in [0.15, 0.2) is 5.60 Å². The molecule has 0 saturated heterocycles. The number of carbonyl (C=O) groups excluding carboxylic acids is 1. The first-order valence-electron chi connectivity index (χ1n) is 9.96. The number of allylic oxidation sites excluding steroid dienone is 1. The Morgan fingerprint density at radius 2 is 2.20 bits per heavy atom. The molecule has 2 N–H and O–H groups in total. The lowest BCUT2D eigenvalue weighted by Crippen LogP contribution is -2.44. The van der Waals surface area contributed by atoms with Crippen LogP contribution < -0.4 is 9.64 Å². The number of ether oxygens (including phenoxy) is 1. The number of hydrogen-bond donors (Lipinski definition) is 2. The largest absolute Gasteiger partial charge is 0.497 e. The van der Waals surface area contributed by atoms with Crippen molar-refractivity contribution in [2.75, 3.05) is 25.2 Å². The Kier molecular flexibility index (Phi) is 6.69. The lowest BCUT2D eigenvalue weighted by Gasteiger charge is -2.27. The number of hydrogen-bond acceptors (Lipinski definition) is 6. The summed E-state index contributed by atoms with van der Waals surface area (Å²) in [6.07, 6.45) is 8.37. The van der Waals surface area contributed by atoms with Crippen LogP contribution in [0.15, 0.2) is 49.2 Å². The summed E-state index contributed by atoms with van der Waals surface area (Å²) >= 11 is 0. The molecule has 1 aliphatic rings. The summed E-state index contributed by atoms with van der Waals surface area (Å²) in [4.78, 5) is 14.7. The summed E-state index contributed by atoms with van der Waals surface area (Å²) in [5.41, 5.74) is 0.275. The van der Waals surface area contributed by atoms with Crippen LogP contribution in [-0.2, 0) is 23.4 Å². The monoisotopic (exact) mass is 412 g/mol. The maximum absolute atomic E-state index is 13.1. The minimum absolute atomic E-state index is 0.0395. The Morgan fingerprint density at radius 3 is 2.90 bits per heavy atom. The van der Waals surface area contributed by atoms with E-state index in [2.05, 4.69) is 16.9 Å². The van der Waals surface area contributed by atoms with E-state index < -0.39 is 11.5 Å². The fourth-order valence-electron chi connectivity index (χ4n) is 3.69. The van der Waals surface area contributed by atoms with Gasteiger partial charge in [0.05, 0.1) is 18.5 Å². The van der Waals surface area contributed by atoms with E-state index in [0.717, 1.165) is 5.69 Å². The van der Waals surface area contributed by atoms with Crippen LogP contribution in [0.4, 0.5) is 5.69 Å². The minimum atomic E-state index is -1.68. The van der Waals surface area contributed by atoms with Crippen molar-refractivity contribution in [3.05, 3.63) is 60.5 Å². The third-order valence-corrected chi connectivity index (χ3v) is 5.35. The second-order valence-corrected chi connectivity index (χ2v) is 7.31. The highest BCUT2D eigenvalue weighted by Crippen LogP contribution is 2.46. The van der Waals surface area contributed by atoms with Gasteiger partial charge in [-0.2, -0.15) is 0 Å². The summed E-state index contributed by atoms with van der Waals surface area (Å²) in [6, 6.07) is 5.29. The Balaban J connectivity index is 1.76. The van der Waals surface area contributed by atoms with E-state index in [1.165, 1.54) is 0 Å². The molecule has 0 unspecified atom stereocenters. The first-order chi connectivity index (χ1) is 14.4. The standard InChI is InChI=1S/C22H28N4O4/c1-4-11-26-20-9-8-18(30-3)14-19(20)22(29,21(26)28)16(2)7-5-6-12-25-15-17(10-13-27)23-24-25/h4-5,7-9,14-16,27,29H,1,6,10-13H2,2-3H3/b7-5+/t16-,22+/m0/s1. The number of aryl methyl sites for hydroxylation is 1. The number of anilines is 1. The molecule has 0 fully saturated rings. The van der Waals surface area contributed by atoms with Gasteiger partial charge >= 0.3 is 0 Å².